The van der Waals surface area contributed by atoms with Gasteiger partial charge >= 0.3 is 6.18 Å². The van der Waals surface area contributed by atoms with E-state index < -0.39 is 11.7 Å². The second-order valence-corrected chi connectivity index (χ2v) is 6.44. The summed E-state index contributed by atoms with van der Waals surface area (Å²) in [6, 6.07) is 3.26. The van der Waals surface area contributed by atoms with Crippen molar-refractivity contribution in [2.45, 2.75) is 45.1 Å². The number of fused-ring (bicyclic) bond motifs is 1. The molecule has 1 amide bonds. The van der Waals surface area contributed by atoms with Crippen LogP contribution in [-0.4, -0.2) is 31.3 Å². The highest BCUT2D eigenvalue weighted by molar-refractivity contribution is 5.97. The van der Waals surface area contributed by atoms with E-state index in [0.717, 1.165) is 12.1 Å². The summed E-state index contributed by atoms with van der Waals surface area (Å²) in [5.41, 5.74) is -0.578. The number of carbonyl (C=O) groups excluding carboxylic acids is 1. The van der Waals surface area contributed by atoms with Crippen LogP contribution in [0.3, 0.4) is 0 Å². The van der Waals surface area contributed by atoms with E-state index >= 15 is 0 Å². The third-order valence-corrected chi connectivity index (χ3v) is 4.46. The van der Waals surface area contributed by atoms with E-state index in [4.69, 9.17) is 9.47 Å². The molecule has 0 saturated carbocycles. The third-order valence-electron chi connectivity index (χ3n) is 4.46. The molecule has 1 aromatic carbocycles. The summed E-state index contributed by atoms with van der Waals surface area (Å²) in [5.74, 6) is -0.0825. The number of hydrogen-bond acceptors (Lipinski definition) is 3. The van der Waals surface area contributed by atoms with E-state index in [1.54, 1.807) is 0 Å². The van der Waals surface area contributed by atoms with E-state index in [-0.39, 0.29) is 42.9 Å². The molecule has 7 heteroatoms. The Labute approximate surface area is 138 Å². The van der Waals surface area contributed by atoms with Crippen LogP contribution in [0.4, 0.5) is 18.9 Å². The zero-order valence-corrected chi connectivity index (χ0v) is 13.6. The maximum absolute atomic E-state index is 13.0. The topological polar surface area (TPSA) is 38.8 Å². The largest absolute Gasteiger partial charge is 0.490 e. The Hall–Kier alpha value is -1.76. The monoisotopic (exact) mass is 343 g/mol. The molecular formula is C17H20F3NO3. The number of benzene rings is 1. The van der Waals surface area contributed by atoms with Crippen molar-refractivity contribution in [3.05, 3.63) is 23.8 Å². The van der Waals surface area contributed by atoms with Gasteiger partial charge in [0.05, 0.1) is 30.0 Å². The molecule has 2 heterocycles. The summed E-state index contributed by atoms with van der Waals surface area (Å²) in [6.45, 7) is 4.35. The number of alkyl halides is 3. The zero-order chi connectivity index (χ0) is 17.5. The van der Waals surface area contributed by atoms with Gasteiger partial charge in [-0.2, -0.15) is 13.2 Å². The molecule has 0 spiro atoms. The number of hydrogen-bond donors (Lipinski definition) is 0. The molecule has 1 aromatic rings. The molecular weight excluding hydrogens is 323 g/mol. The summed E-state index contributed by atoms with van der Waals surface area (Å²) in [4.78, 5) is 14.3. The van der Waals surface area contributed by atoms with Gasteiger partial charge in [-0.05, 0) is 44.9 Å². The second-order valence-electron chi connectivity index (χ2n) is 6.44. The first-order chi connectivity index (χ1) is 11.3. The summed E-state index contributed by atoms with van der Waals surface area (Å²) in [6.07, 6.45) is -3.37. The molecule has 2 aliphatic rings. The number of carbonyl (C=O) groups is 1. The summed E-state index contributed by atoms with van der Waals surface area (Å²) in [7, 11) is 0. The van der Waals surface area contributed by atoms with E-state index in [1.807, 2.05) is 13.8 Å². The Morgan fingerprint density at radius 1 is 1.21 bits per heavy atom. The molecule has 1 saturated heterocycles. The van der Waals surface area contributed by atoms with Crippen LogP contribution < -0.4 is 9.64 Å². The standard InChI is InChI=1S/C17H20F3NO3/c1-10-7-12(8-11(2)24-10)16(22)21-5-6-23-15-4-3-13(9-14(15)21)17(18,19)20/h3-4,9-12H,5-8H2,1-2H3. The highest BCUT2D eigenvalue weighted by atomic mass is 19.4. The van der Waals surface area contributed by atoms with Crippen LogP contribution in [0.25, 0.3) is 0 Å². The van der Waals surface area contributed by atoms with Gasteiger partial charge in [-0.15, -0.1) is 0 Å². The molecule has 4 nitrogen and oxygen atoms in total. The van der Waals surface area contributed by atoms with Crippen LogP contribution in [0.1, 0.15) is 32.3 Å². The molecule has 0 aromatic heterocycles. The number of halogens is 3. The lowest BCUT2D eigenvalue weighted by atomic mass is 9.91. The van der Waals surface area contributed by atoms with Crippen LogP contribution >= 0.6 is 0 Å². The van der Waals surface area contributed by atoms with Crippen molar-refractivity contribution in [3.8, 4) is 5.75 Å². The number of ether oxygens (including phenoxy) is 2. The fourth-order valence-electron chi connectivity index (χ4n) is 3.45. The minimum Gasteiger partial charge on any atom is -0.490 e. The molecule has 0 bridgehead atoms. The molecule has 2 aliphatic heterocycles. The van der Waals surface area contributed by atoms with Crippen LogP contribution in [0.5, 0.6) is 5.75 Å². The molecule has 2 unspecified atom stereocenters. The SMILES string of the molecule is CC1CC(C(=O)N2CCOc3ccc(C(F)(F)F)cc32)CC(C)O1. The van der Waals surface area contributed by atoms with Crippen LogP contribution in [0.15, 0.2) is 18.2 Å². The van der Waals surface area contributed by atoms with Gasteiger partial charge in [-0.25, -0.2) is 0 Å². The Kier molecular flexibility index (Phi) is 4.46. The normalized spacial score (nSPS) is 27.4. The fourth-order valence-corrected chi connectivity index (χ4v) is 3.45. The number of rotatable bonds is 1. The molecule has 0 N–H and O–H groups in total. The smallest absolute Gasteiger partial charge is 0.416 e. The molecule has 24 heavy (non-hydrogen) atoms. The molecule has 0 radical (unpaired) electrons. The maximum atomic E-state index is 13.0. The van der Waals surface area contributed by atoms with Gasteiger partial charge in [0.2, 0.25) is 5.91 Å². The van der Waals surface area contributed by atoms with Crippen LogP contribution in [-0.2, 0) is 15.7 Å². The first kappa shape index (κ1) is 17.1. The van der Waals surface area contributed by atoms with Crippen molar-refractivity contribution in [3.63, 3.8) is 0 Å². The first-order valence-electron chi connectivity index (χ1n) is 8.06. The quantitative estimate of drug-likeness (QED) is 0.782. The minimum absolute atomic E-state index is 0.0373. The van der Waals surface area contributed by atoms with Gasteiger partial charge in [-0.3, -0.25) is 4.79 Å². The van der Waals surface area contributed by atoms with E-state index in [1.165, 1.54) is 11.0 Å². The lowest BCUT2D eigenvalue weighted by Gasteiger charge is -2.36. The average molecular weight is 343 g/mol. The fraction of sp³-hybridized carbons (Fsp3) is 0.588. The van der Waals surface area contributed by atoms with Gasteiger partial charge in [0.25, 0.3) is 0 Å². The van der Waals surface area contributed by atoms with Gasteiger partial charge in [-0.1, -0.05) is 0 Å². The van der Waals surface area contributed by atoms with Crippen LogP contribution in [0, 0.1) is 5.92 Å². The van der Waals surface area contributed by atoms with Crippen molar-refractivity contribution in [1.29, 1.82) is 0 Å². The highest BCUT2D eigenvalue weighted by Crippen LogP contribution is 2.39. The van der Waals surface area contributed by atoms with E-state index in [2.05, 4.69) is 0 Å². The number of nitrogens with zero attached hydrogens (tertiary/aromatic N) is 1. The number of anilines is 1. The summed E-state index contributed by atoms with van der Waals surface area (Å²) < 4.78 is 50.0. The summed E-state index contributed by atoms with van der Waals surface area (Å²) >= 11 is 0. The van der Waals surface area contributed by atoms with E-state index in [9.17, 15) is 18.0 Å². The van der Waals surface area contributed by atoms with Gasteiger partial charge in [0.1, 0.15) is 12.4 Å². The number of amides is 1. The zero-order valence-electron chi connectivity index (χ0n) is 13.6. The third kappa shape index (κ3) is 3.36. The van der Waals surface area contributed by atoms with Crippen molar-refractivity contribution in [1.82, 2.24) is 0 Å². The minimum atomic E-state index is -4.46. The summed E-state index contributed by atoms with van der Waals surface area (Å²) in [5, 5.41) is 0. The Bertz CT molecular complexity index is 622. The van der Waals surface area contributed by atoms with Crippen molar-refractivity contribution >= 4 is 11.6 Å². The lowest BCUT2D eigenvalue weighted by molar-refractivity contribution is -0.137. The average Bonchev–Trinajstić information content (AvgIpc) is 2.51. The van der Waals surface area contributed by atoms with Gasteiger partial charge < -0.3 is 14.4 Å². The molecule has 3 rings (SSSR count). The van der Waals surface area contributed by atoms with Crippen LogP contribution in [0.2, 0.25) is 0 Å². The highest BCUT2D eigenvalue weighted by Gasteiger charge is 2.37. The van der Waals surface area contributed by atoms with Crippen molar-refractivity contribution < 1.29 is 27.4 Å². The lowest BCUT2D eigenvalue weighted by Crippen LogP contribution is -2.45. The van der Waals surface area contributed by atoms with Crippen molar-refractivity contribution in [2.24, 2.45) is 5.92 Å². The maximum Gasteiger partial charge on any atom is 0.416 e. The van der Waals surface area contributed by atoms with Crippen molar-refractivity contribution in [2.75, 3.05) is 18.1 Å². The molecule has 1 fully saturated rings. The Balaban J connectivity index is 1.89. The van der Waals surface area contributed by atoms with Gasteiger partial charge in [0, 0.05) is 5.92 Å². The Morgan fingerprint density at radius 2 is 1.88 bits per heavy atom. The predicted octanol–water partition coefficient (Wildman–Crippen LogP) is 3.63. The van der Waals surface area contributed by atoms with E-state index in [0.29, 0.717) is 18.6 Å². The molecule has 132 valence electrons. The Morgan fingerprint density at radius 3 is 2.50 bits per heavy atom. The predicted molar refractivity (Wildman–Crippen MR) is 82.0 cm³/mol. The van der Waals surface area contributed by atoms with Gasteiger partial charge in [0.15, 0.2) is 0 Å². The second kappa shape index (κ2) is 6.27. The molecule has 0 aliphatic carbocycles. The molecule has 2 atom stereocenters. The first-order valence-corrected chi connectivity index (χ1v) is 8.06.